The molecule has 1 aromatic heterocycles. The number of rotatable bonds is 7. The first kappa shape index (κ1) is 21.9. The summed E-state index contributed by atoms with van der Waals surface area (Å²) < 4.78 is 22.1. The number of ether oxygens (including phenoxy) is 3. The van der Waals surface area contributed by atoms with Crippen LogP contribution in [0.4, 0.5) is 5.69 Å². The summed E-state index contributed by atoms with van der Waals surface area (Å²) in [5.41, 5.74) is -0.287. The summed E-state index contributed by atoms with van der Waals surface area (Å²) in [5.74, 6) is 0.208. The standard InChI is InChI=1S/C24H18NO8/c1-2-30-19-8-3-4-9-20(19)33-22-14-31-21-13-17(10-11-18(21)23(22)26)32-24(27)15-6-5-7-16(12-15)25(28)29/h3-14,28H,2H2,1H3/q-1. The number of anilines is 1. The number of hydrogen-bond acceptors (Lipinski definition) is 9. The van der Waals surface area contributed by atoms with Crippen LogP contribution in [0.5, 0.6) is 23.0 Å². The van der Waals surface area contributed by atoms with Gasteiger partial charge in [-0.1, -0.05) is 18.2 Å². The highest BCUT2D eigenvalue weighted by Crippen LogP contribution is 2.31. The Hall–Kier alpha value is -4.34. The van der Waals surface area contributed by atoms with Crippen LogP contribution in [0, 0.1) is 5.21 Å². The first-order chi connectivity index (χ1) is 16.0. The average Bonchev–Trinajstić information content (AvgIpc) is 2.82. The molecule has 0 saturated carbocycles. The van der Waals surface area contributed by atoms with Crippen molar-refractivity contribution < 1.29 is 28.6 Å². The molecule has 0 aliphatic carbocycles. The molecular formula is C24H18NO8-. The lowest BCUT2D eigenvalue weighted by Crippen LogP contribution is -2.12. The van der Waals surface area contributed by atoms with Crippen molar-refractivity contribution in [1.29, 1.82) is 0 Å². The smallest absolute Gasteiger partial charge is 0.343 e. The fourth-order valence-corrected chi connectivity index (χ4v) is 3.07. The molecule has 3 aromatic carbocycles. The van der Waals surface area contributed by atoms with Crippen molar-refractivity contribution >= 4 is 22.6 Å². The molecule has 9 heteroatoms. The number of hydrogen-bond donors (Lipinski definition) is 1. The molecule has 1 heterocycles. The first-order valence-electron chi connectivity index (χ1n) is 9.90. The van der Waals surface area contributed by atoms with Crippen molar-refractivity contribution in [3.05, 3.63) is 94.0 Å². The van der Waals surface area contributed by atoms with E-state index in [2.05, 4.69) is 0 Å². The van der Waals surface area contributed by atoms with Gasteiger partial charge < -0.3 is 29.1 Å². The molecular weight excluding hydrogens is 430 g/mol. The molecule has 168 valence electrons. The van der Waals surface area contributed by atoms with Crippen LogP contribution in [0.2, 0.25) is 0 Å². The van der Waals surface area contributed by atoms with E-state index in [0.717, 1.165) is 0 Å². The van der Waals surface area contributed by atoms with E-state index in [-0.39, 0.29) is 38.9 Å². The van der Waals surface area contributed by atoms with Crippen molar-refractivity contribution in [1.82, 2.24) is 0 Å². The minimum atomic E-state index is -0.757. The van der Waals surface area contributed by atoms with Crippen LogP contribution in [0.15, 0.2) is 82.2 Å². The minimum absolute atomic E-state index is 0.0256. The third kappa shape index (κ3) is 4.79. The second kappa shape index (κ2) is 9.43. The van der Waals surface area contributed by atoms with Gasteiger partial charge in [0, 0.05) is 6.07 Å². The second-order valence-corrected chi connectivity index (χ2v) is 6.78. The summed E-state index contributed by atoms with van der Waals surface area (Å²) in [4.78, 5) is 25.3. The lowest BCUT2D eigenvalue weighted by Gasteiger charge is -2.21. The molecule has 33 heavy (non-hydrogen) atoms. The molecule has 0 bridgehead atoms. The number of benzene rings is 3. The van der Waals surface area contributed by atoms with E-state index in [1.165, 1.54) is 48.7 Å². The largest absolute Gasteiger partial charge is 0.733 e. The Kier molecular flexibility index (Phi) is 6.25. The monoisotopic (exact) mass is 448 g/mol. The number of carbonyl (C=O) groups excluding carboxylic acids is 1. The summed E-state index contributed by atoms with van der Waals surface area (Å²) in [6, 6.07) is 16.6. The first-order valence-corrected chi connectivity index (χ1v) is 9.90. The molecule has 0 radical (unpaired) electrons. The van der Waals surface area contributed by atoms with Crippen LogP contribution in [0.3, 0.4) is 0 Å². The Morgan fingerprint density at radius 1 is 1.03 bits per heavy atom. The van der Waals surface area contributed by atoms with Gasteiger partial charge in [0.25, 0.3) is 0 Å². The highest BCUT2D eigenvalue weighted by Gasteiger charge is 2.15. The molecule has 0 fully saturated rings. The van der Waals surface area contributed by atoms with E-state index in [1.54, 1.807) is 24.3 Å². The van der Waals surface area contributed by atoms with E-state index in [4.69, 9.17) is 23.8 Å². The zero-order chi connectivity index (χ0) is 23.4. The zero-order valence-electron chi connectivity index (χ0n) is 17.4. The van der Waals surface area contributed by atoms with Gasteiger partial charge in [0.1, 0.15) is 17.6 Å². The van der Waals surface area contributed by atoms with Gasteiger partial charge >= 0.3 is 5.97 Å². The van der Waals surface area contributed by atoms with Crippen LogP contribution in [0.25, 0.3) is 11.0 Å². The Morgan fingerprint density at radius 3 is 2.58 bits per heavy atom. The molecule has 4 aromatic rings. The SMILES string of the molecule is CCOc1ccccc1Oc1coc2cc(OC(=O)c3cccc(N([O-])O)c3)ccc2c1=O. The van der Waals surface area contributed by atoms with Crippen molar-refractivity contribution in [3.63, 3.8) is 0 Å². The Bertz CT molecular complexity index is 1360. The van der Waals surface area contributed by atoms with Gasteiger partial charge in [0.2, 0.25) is 11.2 Å². The van der Waals surface area contributed by atoms with Crippen molar-refractivity contribution in [2.45, 2.75) is 6.92 Å². The number of para-hydroxylation sites is 2. The van der Waals surface area contributed by atoms with Crippen molar-refractivity contribution in [2.24, 2.45) is 0 Å². The highest BCUT2D eigenvalue weighted by atomic mass is 16.8. The quantitative estimate of drug-likeness (QED) is 0.239. The normalized spacial score (nSPS) is 10.6. The summed E-state index contributed by atoms with van der Waals surface area (Å²) in [6.07, 6.45) is 1.17. The maximum absolute atomic E-state index is 12.9. The molecule has 9 nitrogen and oxygen atoms in total. The summed E-state index contributed by atoms with van der Waals surface area (Å²) >= 11 is 0. The summed E-state index contributed by atoms with van der Waals surface area (Å²) in [7, 11) is 0. The van der Waals surface area contributed by atoms with Gasteiger partial charge in [-0.05, 0) is 49.4 Å². The van der Waals surface area contributed by atoms with Crippen LogP contribution in [-0.4, -0.2) is 17.8 Å². The molecule has 0 aliphatic rings. The van der Waals surface area contributed by atoms with E-state index in [9.17, 15) is 14.8 Å². The minimum Gasteiger partial charge on any atom is -0.733 e. The molecule has 4 rings (SSSR count). The number of fused-ring (bicyclic) bond motifs is 1. The van der Waals surface area contributed by atoms with Gasteiger partial charge in [-0.3, -0.25) is 10.0 Å². The molecule has 0 saturated heterocycles. The molecule has 0 amide bonds. The molecule has 0 atom stereocenters. The Balaban J connectivity index is 1.58. The predicted octanol–water partition coefficient (Wildman–Crippen LogP) is 4.90. The van der Waals surface area contributed by atoms with Crippen LogP contribution in [-0.2, 0) is 0 Å². The third-order valence-electron chi connectivity index (χ3n) is 4.60. The topological polar surface area (TPSA) is 122 Å². The summed E-state index contributed by atoms with van der Waals surface area (Å²) in [5, 5.41) is 19.9. The van der Waals surface area contributed by atoms with Crippen molar-refractivity contribution in [2.75, 3.05) is 11.8 Å². The van der Waals surface area contributed by atoms with E-state index in [1.807, 2.05) is 6.92 Å². The lowest BCUT2D eigenvalue weighted by atomic mass is 10.2. The lowest BCUT2D eigenvalue weighted by molar-refractivity contribution is 0.0735. The Labute approximate surface area is 187 Å². The van der Waals surface area contributed by atoms with Crippen LogP contribution in [0.1, 0.15) is 17.3 Å². The Morgan fingerprint density at radius 2 is 1.82 bits per heavy atom. The van der Waals surface area contributed by atoms with Gasteiger partial charge in [0.05, 0.1) is 23.2 Å². The molecule has 0 aliphatic heterocycles. The van der Waals surface area contributed by atoms with E-state index < -0.39 is 11.4 Å². The van der Waals surface area contributed by atoms with Gasteiger partial charge in [-0.2, -0.15) is 0 Å². The highest BCUT2D eigenvalue weighted by molar-refractivity contribution is 5.92. The fraction of sp³-hybridized carbons (Fsp3) is 0.0833. The van der Waals surface area contributed by atoms with Gasteiger partial charge in [-0.15, -0.1) is 0 Å². The van der Waals surface area contributed by atoms with E-state index >= 15 is 0 Å². The predicted molar refractivity (Wildman–Crippen MR) is 119 cm³/mol. The molecule has 0 spiro atoms. The van der Waals surface area contributed by atoms with E-state index in [0.29, 0.717) is 18.1 Å². The second-order valence-electron chi connectivity index (χ2n) is 6.78. The van der Waals surface area contributed by atoms with Gasteiger partial charge in [0.15, 0.2) is 11.5 Å². The third-order valence-corrected chi connectivity index (χ3v) is 4.60. The summed E-state index contributed by atoms with van der Waals surface area (Å²) in [6.45, 7) is 2.28. The maximum atomic E-state index is 12.9. The van der Waals surface area contributed by atoms with Gasteiger partial charge in [-0.25, -0.2) is 4.79 Å². The molecule has 1 N–H and O–H groups in total. The number of esters is 1. The van der Waals surface area contributed by atoms with Crippen LogP contribution >= 0.6 is 0 Å². The molecule has 0 unspecified atom stereocenters. The maximum Gasteiger partial charge on any atom is 0.343 e. The van der Waals surface area contributed by atoms with Crippen molar-refractivity contribution in [3.8, 4) is 23.0 Å². The van der Waals surface area contributed by atoms with Crippen LogP contribution < -0.4 is 24.9 Å². The zero-order valence-corrected chi connectivity index (χ0v) is 17.4. The average molecular weight is 448 g/mol. The number of nitrogens with zero attached hydrogens (tertiary/aromatic N) is 1. The fourth-order valence-electron chi connectivity index (χ4n) is 3.07. The number of carbonyl (C=O) groups is 1.